The van der Waals surface area contributed by atoms with E-state index in [2.05, 4.69) is 4.90 Å². The molecule has 0 N–H and O–H groups in total. The fraction of sp³-hybridized carbons (Fsp3) is 0.611. The van der Waals surface area contributed by atoms with Crippen LogP contribution in [0.3, 0.4) is 0 Å². The van der Waals surface area contributed by atoms with E-state index in [9.17, 15) is 4.79 Å². The van der Waals surface area contributed by atoms with Crippen LogP contribution in [0.1, 0.15) is 11.3 Å². The second kappa shape index (κ2) is 8.25. The van der Waals surface area contributed by atoms with Crippen LogP contribution in [0.15, 0.2) is 23.6 Å². The Labute approximate surface area is 147 Å². The molecular formula is C18H26N2O3S. The lowest BCUT2D eigenvalue weighted by Crippen LogP contribution is -2.53. The zero-order valence-corrected chi connectivity index (χ0v) is 15.2. The SMILES string of the molecule is COCCN1C[C@@H]2[C@@H](OC)CCN(C(=O)/C=C/c3cccs3)[C@@H]2C1. The molecule has 2 fully saturated rings. The number of piperidine rings is 1. The van der Waals surface area contributed by atoms with Crippen LogP contribution in [0, 0.1) is 5.92 Å². The molecule has 3 heterocycles. The number of hydrogen-bond acceptors (Lipinski definition) is 5. The highest BCUT2D eigenvalue weighted by Crippen LogP contribution is 2.32. The minimum atomic E-state index is 0.113. The van der Waals surface area contributed by atoms with Gasteiger partial charge in [-0.15, -0.1) is 11.3 Å². The Kier molecular flexibility index (Phi) is 6.05. The Morgan fingerprint density at radius 3 is 3.00 bits per heavy atom. The third-order valence-electron chi connectivity index (χ3n) is 5.07. The molecule has 0 radical (unpaired) electrons. The van der Waals surface area contributed by atoms with Gasteiger partial charge in [-0.1, -0.05) is 6.07 Å². The highest BCUT2D eigenvalue weighted by atomic mass is 32.1. The van der Waals surface area contributed by atoms with Crippen molar-refractivity contribution in [1.82, 2.24) is 9.80 Å². The number of hydrogen-bond donors (Lipinski definition) is 0. The summed E-state index contributed by atoms with van der Waals surface area (Å²) in [6.07, 6.45) is 4.79. The Balaban J connectivity index is 1.68. The van der Waals surface area contributed by atoms with Gasteiger partial charge in [-0.05, 0) is 23.9 Å². The maximum absolute atomic E-state index is 12.7. The van der Waals surface area contributed by atoms with Gasteiger partial charge in [0.05, 0.1) is 18.8 Å². The van der Waals surface area contributed by atoms with Crippen LogP contribution in [0.25, 0.3) is 6.08 Å². The number of fused-ring (bicyclic) bond motifs is 1. The molecule has 6 heteroatoms. The van der Waals surface area contributed by atoms with Gasteiger partial charge in [-0.25, -0.2) is 0 Å². The molecule has 1 aromatic rings. The van der Waals surface area contributed by atoms with E-state index in [0.717, 1.165) is 44.1 Å². The van der Waals surface area contributed by atoms with Gasteiger partial charge in [-0.3, -0.25) is 9.69 Å². The molecule has 2 aliphatic rings. The number of nitrogens with zero attached hydrogens (tertiary/aromatic N) is 2. The fourth-order valence-corrected chi connectivity index (χ4v) is 4.46. The van der Waals surface area contributed by atoms with E-state index >= 15 is 0 Å². The number of methoxy groups -OCH3 is 2. The molecule has 1 aromatic heterocycles. The summed E-state index contributed by atoms with van der Waals surface area (Å²) in [6.45, 7) is 4.29. The highest BCUT2D eigenvalue weighted by molar-refractivity contribution is 7.10. The highest BCUT2D eigenvalue weighted by Gasteiger charge is 2.45. The van der Waals surface area contributed by atoms with E-state index in [1.165, 1.54) is 0 Å². The van der Waals surface area contributed by atoms with Gasteiger partial charge in [0.15, 0.2) is 0 Å². The smallest absolute Gasteiger partial charge is 0.246 e. The number of thiophene rings is 1. The number of ether oxygens (including phenoxy) is 2. The first kappa shape index (κ1) is 17.6. The van der Waals surface area contributed by atoms with Crippen LogP contribution in [0.2, 0.25) is 0 Å². The molecule has 24 heavy (non-hydrogen) atoms. The van der Waals surface area contributed by atoms with Gasteiger partial charge >= 0.3 is 0 Å². The van der Waals surface area contributed by atoms with E-state index in [1.54, 1.807) is 31.6 Å². The molecule has 0 spiro atoms. The maximum Gasteiger partial charge on any atom is 0.246 e. The first-order chi connectivity index (χ1) is 11.7. The molecule has 1 amide bonds. The minimum absolute atomic E-state index is 0.113. The third-order valence-corrected chi connectivity index (χ3v) is 5.91. The molecule has 132 valence electrons. The Bertz CT molecular complexity index is 561. The van der Waals surface area contributed by atoms with Crippen LogP contribution in [-0.2, 0) is 14.3 Å². The van der Waals surface area contributed by atoms with Gasteiger partial charge in [0, 0.05) is 57.3 Å². The summed E-state index contributed by atoms with van der Waals surface area (Å²) in [5, 5.41) is 2.02. The van der Waals surface area contributed by atoms with Crippen molar-refractivity contribution in [2.45, 2.75) is 18.6 Å². The number of carbonyl (C=O) groups excluding carboxylic acids is 1. The summed E-state index contributed by atoms with van der Waals surface area (Å²) in [5.41, 5.74) is 0. The van der Waals surface area contributed by atoms with E-state index < -0.39 is 0 Å². The van der Waals surface area contributed by atoms with Crippen molar-refractivity contribution in [3.63, 3.8) is 0 Å². The van der Waals surface area contributed by atoms with E-state index in [1.807, 2.05) is 28.5 Å². The molecule has 0 aliphatic carbocycles. The standard InChI is InChI=1S/C18H26N2O3S/c1-22-10-9-19-12-15-16(13-19)20(8-7-17(15)23-2)18(21)6-5-14-4-3-11-24-14/h3-6,11,15-17H,7-10,12-13H2,1-2H3/b6-5+/t15-,16+,17-/m0/s1. The first-order valence-electron chi connectivity index (χ1n) is 8.49. The minimum Gasteiger partial charge on any atom is -0.383 e. The van der Waals surface area contributed by atoms with E-state index in [-0.39, 0.29) is 18.1 Å². The summed E-state index contributed by atoms with van der Waals surface area (Å²) in [5.74, 6) is 0.501. The average Bonchev–Trinajstić information content (AvgIpc) is 3.26. The Morgan fingerprint density at radius 2 is 2.29 bits per heavy atom. The maximum atomic E-state index is 12.7. The lowest BCUT2D eigenvalue weighted by atomic mass is 9.89. The second-order valence-electron chi connectivity index (χ2n) is 6.43. The molecule has 0 bridgehead atoms. The van der Waals surface area contributed by atoms with Gasteiger partial charge in [0.2, 0.25) is 5.91 Å². The normalized spacial score (nSPS) is 27.8. The summed E-state index contributed by atoms with van der Waals surface area (Å²) >= 11 is 1.64. The van der Waals surface area contributed by atoms with Crippen LogP contribution < -0.4 is 0 Å². The monoisotopic (exact) mass is 350 g/mol. The largest absolute Gasteiger partial charge is 0.383 e. The molecule has 5 nitrogen and oxygen atoms in total. The third kappa shape index (κ3) is 3.88. The van der Waals surface area contributed by atoms with E-state index in [4.69, 9.17) is 9.47 Å². The van der Waals surface area contributed by atoms with Crippen molar-refractivity contribution in [2.75, 3.05) is 47.0 Å². The number of carbonyl (C=O) groups is 1. The molecule has 0 aromatic carbocycles. The average molecular weight is 350 g/mol. The number of likely N-dealkylation sites (tertiary alicyclic amines) is 2. The number of rotatable bonds is 6. The summed E-state index contributed by atoms with van der Waals surface area (Å²) in [6, 6.07) is 4.26. The predicted molar refractivity (Wildman–Crippen MR) is 96.1 cm³/mol. The van der Waals surface area contributed by atoms with Crippen molar-refractivity contribution in [1.29, 1.82) is 0 Å². The second-order valence-corrected chi connectivity index (χ2v) is 7.41. The lowest BCUT2D eigenvalue weighted by Gasteiger charge is -2.40. The topological polar surface area (TPSA) is 42.0 Å². The summed E-state index contributed by atoms with van der Waals surface area (Å²) < 4.78 is 10.9. The first-order valence-corrected chi connectivity index (χ1v) is 9.37. The van der Waals surface area contributed by atoms with E-state index in [0.29, 0.717) is 5.92 Å². The van der Waals surface area contributed by atoms with Crippen molar-refractivity contribution in [2.24, 2.45) is 5.92 Å². The molecule has 2 aliphatic heterocycles. The quantitative estimate of drug-likeness (QED) is 0.736. The fourth-order valence-electron chi connectivity index (χ4n) is 3.84. The van der Waals surface area contributed by atoms with Gasteiger partial charge < -0.3 is 14.4 Å². The molecule has 0 saturated carbocycles. The number of amides is 1. The Morgan fingerprint density at radius 1 is 1.42 bits per heavy atom. The van der Waals surface area contributed by atoms with Crippen molar-refractivity contribution in [3.05, 3.63) is 28.5 Å². The van der Waals surface area contributed by atoms with Crippen LogP contribution in [-0.4, -0.2) is 74.9 Å². The van der Waals surface area contributed by atoms with Crippen LogP contribution >= 0.6 is 11.3 Å². The molecule has 0 unspecified atom stereocenters. The summed E-state index contributed by atoms with van der Waals surface area (Å²) in [7, 11) is 3.51. The van der Waals surface area contributed by atoms with Crippen molar-refractivity contribution in [3.8, 4) is 0 Å². The van der Waals surface area contributed by atoms with Crippen LogP contribution in [0.4, 0.5) is 0 Å². The van der Waals surface area contributed by atoms with Crippen molar-refractivity contribution < 1.29 is 14.3 Å². The van der Waals surface area contributed by atoms with Crippen molar-refractivity contribution >= 4 is 23.3 Å². The predicted octanol–water partition coefficient (Wildman–Crippen LogP) is 1.96. The van der Waals surface area contributed by atoms with Gasteiger partial charge in [-0.2, -0.15) is 0 Å². The molecular weight excluding hydrogens is 324 g/mol. The van der Waals surface area contributed by atoms with Gasteiger partial charge in [0.25, 0.3) is 0 Å². The zero-order valence-electron chi connectivity index (χ0n) is 14.4. The van der Waals surface area contributed by atoms with Gasteiger partial charge in [0.1, 0.15) is 0 Å². The lowest BCUT2D eigenvalue weighted by molar-refractivity contribution is -0.133. The zero-order chi connectivity index (χ0) is 16.9. The van der Waals surface area contributed by atoms with Crippen LogP contribution in [0.5, 0.6) is 0 Å². The molecule has 3 atom stereocenters. The Hall–Kier alpha value is -1.21. The molecule has 2 saturated heterocycles. The summed E-state index contributed by atoms with van der Waals surface area (Å²) in [4.78, 5) is 18.2. The molecule has 3 rings (SSSR count).